The number of amides is 1. The zero-order chi connectivity index (χ0) is 15.0. The number of hydrogen-bond acceptors (Lipinski definition) is 4. The highest BCUT2D eigenvalue weighted by Gasteiger charge is 2.17. The SMILES string of the molecule is CCCCCCNC(=O)c1ccc(OC)c([N+](=O)[O-])c1. The number of nitrogens with one attached hydrogen (secondary N) is 1. The lowest BCUT2D eigenvalue weighted by atomic mass is 10.1. The average molecular weight is 280 g/mol. The summed E-state index contributed by atoms with van der Waals surface area (Å²) in [5, 5.41) is 13.6. The Labute approximate surface area is 118 Å². The molecule has 0 spiro atoms. The molecule has 0 aliphatic heterocycles. The highest BCUT2D eigenvalue weighted by molar-refractivity contribution is 5.95. The molecule has 0 aromatic heterocycles. The number of methoxy groups -OCH3 is 1. The van der Waals surface area contributed by atoms with Crippen molar-refractivity contribution in [2.75, 3.05) is 13.7 Å². The minimum Gasteiger partial charge on any atom is -0.490 e. The molecule has 1 rings (SSSR count). The third-order valence-corrected chi connectivity index (χ3v) is 2.95. The summed E-state index contributed by atoms with van der Waals surface area (Å²) in [5.74, 6) is -0.151. The Hall–Kier alpha value is -2.11. The lowest BCUT2D eigenvalue weighted by molar-refractivity contribution is -0.385. The Kier molecular flexibility index (Phi) is 6.49. The highest BCUT2D eigenvalue weighted by Crippen LogP contribution is 2.27. The molecule has 1 N–H and O–H groups in total. The number of unbranched alkanes of at least 4 members (excludes halogenated alkanes) is 3. The van der Waals surface area contributed by atoms with E-state index >= 15 is 0 Å². The van der Waals surface area contributed by atoms with Gasteiger partial charge in [-0.2, -0.15) is 0 Å². The van der Waals surface area contributed by atoms with E-state index in [1.165, 1.54) is 25.3 Å². The molecule has 110 valence electrons. The number of hydrogen-bond donors (Lipinski definition) is 1. The Bertz CT molecular complexity index is 474. The van der Waals surface area contributed by atoms with Crippen molar-refractivity contribution in [3.63, 3.8) is 0 Å². The van der Waals surface area contributed by atoms with Gasteiger partial charge in [0.05, 0.1) is 12.0 Å². The Morgan fingerprint density at radius 1 is 1.35 bits per heavy atom. The highest BCUT2D eigenvalue weighted by atomic mass is 16.6. The number of carbonyl (C=O) groups is 1. The van der Waals surface area contributed by atoms with Crippen LogP contribution in [-0.4, -0.2) is 24.5 Å². The van der Waals surface area contributed by atoms with Crippen LogP contribution in [0.25, 0.3) is 0 Å². The summed E-state index contributed by atoms with van der Waals surface area (Å²) in [5.41, 5.74) is 0.0686. The lowest BCUT2D eigenvalue weighted by Gasteiger charge is -2.06. The molecular weight excluding hydrogens is 260 g/mol. The van der Waals surface area contributed by atoms with Gasteiger partial charge in [0.2, 0.25) is 0 Å². The van der Waals surface area contributed by atoms with Gasteiger partial charge < -0.3 is 10.1 Å². The van der Waals surface area contributed by atoms with Crippen molar-refractivity contribution in [3.05, 3.63) is 33.9 Å². The molecule has 0 atom stereocenters. The fraction of sp³-hybridized carbons (Fsp3) is 0.500. The molecule has 0 bridgehead atoms. The standard InChI is InChI=1S/C14H20N2O4/c1-3-4-5-6-9-15-14(17)11-7-8-13(20-2)12(10-11)16(18)19/h7-8,10H,3-6,9H2,1-2H3,(H,15,17). The molecule has 0 aliphatic carbocycles. The van der Waals surface area contributed by atoms with Crippen molar-refractivity contribution in [2.24, 2.45) is 0 Å². The maximum Gasteiger partial charge on any atom is 0.311 e. The maximum absolute atomic E-state index is 11.9. The molecule has 1 amide bonds. The van der Waals surface area contributed by atoms with Gasteiger partial charge in [0.15, 0.2) is 5.75 Å². The average Bonchev–Trinajstić information content (AvgIpc) is 2.46. The number of carbonyl (C=O) groups excluding carboxylic acids is 1. The monoisotopic (exact) mass is 280 g/mol. The summed E-state index contributed by atoms with van der Waals surface area (Å²) in [6.07, 6.45) is 4.26. The molecule has 0 radical (unpaired) electrons. The van der Waals surface area contributed by atoms with E-state index in [1.807, 2.05) is 0 Å². The largest absolute Gasteiger partial charge is 0.490 e. The number of benzene rings is 1. The third-order valence-electron chi connectivity index (χ3n) is 2.95. The zero-order valence-electron chi connectivity index (χ0n) is 11.8. The molecule has 0 saturated heterocycles. The zero-order valence-corrected chi connectivity index (χ0v) is 11.8. The molecule has 20 heavy (non-hydrogen) atoms. The van der Waals surface area contributed by atoms with Crippen molar-refractivity contribution >= 4 is 11.6 Å². The number of nitro groups is 1. The minimum atomic E-state index is -0.559. The van der Waals surface area contributed by atoms with Gasteiger partial charge in [-0.25, -0.2) is 0 Å². The smallest absolute Gasteiger partial charge is 0.311 e. The molecule has 0 saturated carbocycles. The van der Waals surface area contributed by atoms with Crippen molar-refractivity contribution in [1.82, 2.24) is 5.32 Å². The Morgan fingerprint density at radius 2 is 2.10 bits per heavy atom. The first-order valence-corrected chi connectivity index (χ1v) is 6.70. The van der Waals surface area contributed by atoms with Crippen LogP contribution in [0.1, 0.15) is 43.0 Å². The topological polar surface area (TPSA) is 81.5 Å². The Balaban J connectivity index is 2.64. The molecule has 1 aromatic rings. The van der Waals surface area contributed by atoms with Crippen LogP contribution in [0.5, 0.6) is 5.75 Å². The molecule has 0 heterocycles. The molecule has 1 aromatic carbocycles. The van der Waals surface area contributed by atoms with E-state index in [2.05, 4.69) is 12.2 Å². The number of ether oxygens (including phenoxy) is 1. The van der Waals surface area contributed by atoms with Crippen LogP contribution >= 0.6 is 0 Å². The van der Waals surface area contributed by atoms with E-state index in [0.29, 0.717) is 6.54 Å². The van der Waals surface area contributed by atoms with Gasteiger partial charge in [0.25, 0.3) is 5.91 Å². The summed E-state index contributed by atoms with van der Waals surface area (Å²) in [6.45, 7) is 2.70. The number of nitro benzene ring substituents is 1. The first kappa shape index (κ1) is 15.9. The van der Waals surface area contributed by atoms with Crippen molar-refractivity contribution in [1.29, 1.82) is 0 Å². The van der Waals surface area contributed by atoms with E-state index in [1.54, 1.807) is 0 Å². The van der Waals surface area contributed by atoms with Crippen molar-refractivity contribution < 1.29 is 14.5 Å². The van der Waals surface area contributed by atoms with Crippen LogP contribution in [0.15, 0.2) is 18.2 Å². The van der Waals surface area contributed by atoms with E-state index in [0.717, 1.165) is 25.7 Å². The quantitative estimate of drug-likeness (QED) is 0.451. The van der Waals surface area contributed by atoms with Crippen LogP contribution < -0.4 is 10.1 Å². The third kappa shape index (κ3) is 4.53. The fourth-order valence-corrected chi connectivity index (χ4v) is 1.83. The second-order valence-corrected chi connectivity index (χ2v) is 4.46. The summed E-state index contributed by atoms with van der Waals surface area (Å²) >= 11 is 0. The summed E-state index contributed by atoms with van der Waals surface area (Å²) in [6, 6.07) is 4.19. The first-order chi connectivity index (χ1) is 9.60. The first-order valence-electron chi connectivity index (χ1n) is 6.70. The minimum absolute atomic E-state index is 0.148. The van der Waals surface area contributed by atoms with Crippen molar-refractivity contribution in [2.45, 2.75) is 32.6 Å². The van der Waals surface area contributed by atoms with Gasteiger partial charge in [-0.1, -0.05) is 26.2 Å². The van der Waals surface area contributed by atoms with Crippen LogP contribution in [0.3, 0.4) is 0 Å². The fourth-order valence-electron chi connectivity index (χ4n) is 1.83. The molecule has 0 aliphatic rings. The van der Waals surface area contributed by atoms with Crippen LogP contribution in [0.2, 0.25) is 0 Å². The Morgan fingerprint density at radius 3 is 2.70 bits per heavy atom. The maximum atomic E-state index is 11.9. The van der Waals surface area contributed by atoms with Crippen molar-refractivity contribution in [3.8, 4) is 5.75 Å². The molecule has 0 unspecified atom stereocenters. The van der Waals surface area contributed by atoms with Crippen LogP contribution in [0.4, 0.5) is 5.69 Å². The summed E-state index contributed by atoms with van der Waals surface area (Å²) in [4.78, 5) is 22.2. The van der Waals surface area contributed by atoms with Gasteiger partial charge >= 0.3 is 5.69 Å². The predicted molar refractivity (Wildman–Crippen MR) is 76.1 cm³/mol. The molecule has 6 heteroatoms. The second-order valence-electron chi connectivity index (χ2n) is 4.46. The lowest BCUT2D eigenvalue weighted by Crippen LogP contribution is -2.24. The van der Waals surface area contributed by atoms with E-state index < -0.39 is 4.92 Å². The molecule has 6 nitrogen and oxygen atoms in total. The van der Waals surface area contributed by atoms with Gasteiger partial charge in [0.1, 0.15) is 0 Å². The summed E-state index contributed by atoms with van der Waals surface area (Å²) < 4.78 is 4.89. The molecule has 0 fully saturated rings. The normalized spacial score (nSPS) is 10.1. The van der Waals surface area contributed by atoms with E-state index in [9.17, 15) is 14.9 Å². The van der Waals surface area contributed by atoms with Gasteiger partial charge in [-0.05, 0) is 18.6 Å². The number of rotatable bonds is 8. The van der Waals surface area contributed by atoms with Gasteiger partial charge in [-0.3, -0.25) is 14.9 Å². The van der Waals surface area contributed by atoms with E-state index in [-0.39, 0.29) is 22.9 Å². The van der Waals surface area contributed by atoms with Gasteiger partial charge in [-0.15, -0.1) is 0 Å². The van der Waals surface area contributed by atoms with Crippen LogP contribution in [-0.2, 0) is 0 Å². The van der Waals surface area contributed by atoms with Gasteiger partial charge in [0, 0.05) is 18.2 Å². The van der Waals surface area contributed by atoms with Crippen LogP contribution in [0, 0.1) is 10.1 Å². The van der Waals surface area contributed by atoms with E-state index in [4.69, 9.17) is 4.74 Å². The molecular formula is C14H20N2O4. The predicted octanol–water partition coefficient (Wildman–Crippen LogP) is 2.91. The second kappa shape index (κ2) is 8.14. The summed E-state index contributed by atoms with van der Waals surface area (Å²) in [7, 11) is 1.36. The number of nitrogens with zero attached hydrogens (tertiary/aromatic N) is 1.